The quantitative estimate of drug-likeness (QED) is 0.563. The van der Waals surface area contributed by atoms with Gasteiger partial charge in [-0.3, -0.25) is 4.79 Å². The van der Waals surface area contributed by atoms with Crippen molar-refractivity contribution in [2.45, 2.75) is 11.7 Å². The lowest BCUT2D eigenvalue weighted by Gasteiger charge is -2.01. The highest BCUT2D eigenvalue weighted by Crippen LogP contribution is 2.13. The van der Waals surface area contributed by atoms with Gasteiger partial charge in [-0.1, -0.05) is 17.8 Å². The van der Waals surface area contributed by atoms with Crippen LogP contribution in [-0.2, 0) is 11.3 Å². The Morgan fingerprint density at radius 1 is 1.86 bits per heavy atom. The zero-order chi connectivity index (χ0) is 10.4. The predicted molar refractivity (Wildman–Crippen MR) is 55.0 cm³/mol. The third-order valence-electron chi connectivity index (χ3n) is 1.52. The van der Waals surface area contributed by atoms with Gasteiger partial charge in [0.2, 0.25) is 5.91 Å². The van der Waals surface area contributed by atoms with E-state index in [0.717, 1.165) is 5.16 Å². The van der Waals surface area contributed by atoms with Gasteiger partial charge < -0.3 is 9.88 Å². The summed E-state index contributed by atoms with van der Waals surface area (Å²) in [4.78, 5) is 11.0. The predicted octanol–water partition coefficient (Wildman–Crippen LogP) is 0.302. The van der Waals surface area contributed by atoms with E-state index in [2.05, 4.69) is 22.1 Å². The van der Waals surface area contributed by atoms with E-state index in [0.29, 0.717) is 12.3 Å². The van der Waals surface area contributed by atoms with Crippen LogP contribution in [0.2, 0.25) is 0 Å². The van der Waals surface area contributed by atoms with Crippen LogP contribution in [0, 0.1) is 0 Å². The summed E-state index contributed by atoms with van der Waals surface area (Å²) in [6.07, 6.45) is 3.38. The van der Waals surface area contributed by atoms with E-state index in [1.165, 1.54) is 11.8 Å². The van der Waals surface area contributed by atoms with Gasteiger partial charge >= 0.3 is 0 Å². The van der Waals surface area contributed by atoms with Crippen molar-refractivity contribution >= 4 is 17.7 Å². The maximum absolute atomic E-state index is 11.0. The van der Waals surface area contributed by atoms with Crippen molar-refractivity contribution in [2.75, 3.05) is 12.8 Å². The third-order valence-corrected chi connectivity index (χ3v) is 2.50. The number of hydrogen-bond donors (Lipinski definition) is 1. The van der Waals surface area contributed by atoms with Gasteiger partial charge in [-0.15, -0.1) is 16.8 Å². The first-order chi connectivity index (χ1) is 6.77. The molecule has 76 valence electrons. The first-order valence-corrected chi connectivity index (χ1v) is 5.08. The van der Waals surface area contributed by atoms with Crippen LogP contribution < -0.4 is 5.32 Å². The first kappa shape index (κ1) is 10.8. The Balaban J connectivity index is 2.53. The lowest BCUT2D eigenvalue weighted by molar-refractivity contribution is -0.118. The lowest BCUT2D eigenvalue weighted by Crippen LogP contribution is -2.20. The minimum absolute atomic E-state index is 0.0249. The molecule has 5 nitrogen and oxygen atoms in total. The molecule has 0 saturated carbocycles. The number of allylic oxidation sites excluding steroid dienone is 1. The first-order valence-electron chi connectivity index (χ1n) is 4.10. The Hall–Kier alpha value is -1.30. The second-order valence-electron chi connectivity index (χ2n) is 2.52. The SMILES string of the molecule is C=CCn1cnnc1SCC(=O)NC. The molecule has 14 heavy (non-hydrogen) atoms. The van der Waals surface area contributed by atoms with Crippen LogP contribution in [-0.4, -0.2) is 33.5 Å². The average molecular weight is 212 g/mol. The molecule has 6 heteroatoms. The number of thioether (sulfide) groups is 1. The molecule has 0 unspecified atom stereocenters. The van der Waals surface area contributed by atoms with Crippen molar-refractivity contribution < 1.29 is 4.79 Å². The normalized spacial score (nSPS) is 9.79. The van der Waals surface area contributed by atoms with E-state index in [1.54, 1.807) is 19.5 Å². The molecule has 1 heterocycles. The van der Waals surface area contributed by atoms with Gasteiger partial charge in [-0.25, -0.2) is 0 Å². The van der Waals surface area contributed by atoms with E-state index in [-0.39, 0.29) is 5.91 Å². The van der Waals surface area contributed by atoms with Crippen molar-refractivity contribution in [2.24, 2.45) is 0 Å². The van der Waals surface area contributed by atoms with Crippen LogP contribution in [0.1, 0.15) is 0 Å². The number of amides is 1. The van der Waals surface area contributed by atoms with Gasteiger partial charge in [-0.2, -0.15) is 0 Å². The van der Waals surface area contributed by atoms with Gasteiger partial charge in [0.05, 0.1) is 5.75 Å². The van der Waals surface area contributed by atoms with Crippen LogP contribution in [0.3, 0.4) is 0 Å². The molecule has 0 aromatic carbocycles. The summed E-state index contributed by atoms with van der Waals surface area (Å²) < 4.78 is 1.83. The molecule has 1 rings (SSSR count). The van der Waals surface area contributed by atoms with Crippen molar-refractivity contribution in [1.82, 2.24) is 20.1 Å². The molecule has 0 bridgehead atoms. The standard InChI is InChI=1S/C8H12N4OS/c1-3-4-12-6-10-11-8(12)14-5-7(13)9-2/h3,6H,1,4-5H2,2H3,(H,9,13). The smallest absolute Gasteiger partial charge is 0.230 e. The number of nitrogens with one attached hydrogen (secondary N) is 1. The van der Waals surface area contributed by atoms with Gasteiger partial charge in [0, 0.05) is 13.6 Å². The molecule has 1 aromatic heterocycles. The number of aromatic nitrogens is 3. The summed E-state index contributed by atoms with van der Waals surface area (Å²) in [5.41, 5.74) is 0. The molecule has 0 aliphatic heterocycles. The van der Waals surface area contributed by atoms with Crippen molar-refractivity contribution in [3.05, 3.63) is 19.0 Å². The number of rotatable bonds is 5. The van der Waals surface area contributed by atoms with Crippen molar-refractivity contribution in [3.63, 3.8) is 0 Å². The van der Waals surface area contributed by atoms with Crippen LogP contribution in [0.25, 0.3) is 0 Å². The van der Waals surface area contributed by atoms with E-state index < -0.39 is 0 Å². The largest absolute Gasteiger partial charge is 0.358 e. The zero-order valence-corrected chi connectivity index (χ0v) is 8.75. The Kier molecular flexibility index (Phi) is 4.18. The maximum Gasteiger partial charge on any atom is 0.230 e. The van der Waals surface area contributed by atoms with Gasteiger partial charge in [0.1, 0.15) is 6.33 Å². The maximum atomic E-state index is 11.0. The Bertz CT molecular complexity index is 323. The van der Waals surface area contributed by atoms with Gasteiger partial charge in [-0.05, 0) is 0 Å². The van der Waals surface area contributed by atoms with Crippen molar-refractivity contribution in [1.29, 1.82) is 0 Å². The van der Waals surface area contributed by atoms with E-state index in [4.69, 9.17) is 0 Å². The van der Waals surface area contributed by atoms with Crippen LogP contribution in [0.5, 0.6) is 0 Å². The molecular weight excluding hydrogens is 200 g/mol. The van der Waals surface area contributed by atoms with Crippen LogP contribution >= 0.6 is 11.8 Å². The zero-order valence-electron chi connectivity index (χ0n) is 7.93. The monoisotopic (exact) mass is 212 g/mol. The van der Waals surface area contributed by atoms with E-state index in [1.807, 2.05) is 4.57 Å². The molecule has 0 radical (unpaired) electrons. The fourth-order valence-electron chi connectivity index (χ4n) is 0.823. The van der Waals surface area contributed by atoms with E-state index in [9.17, 15) is 4.79 Å². The molecule has 1 N–H and O–H groups in total. The average Bonchev–Trinajstić information content (AvgIpc) is 2.62. The molecule has 0 aliphatic carbocycles. The second-order valence-corrected chi connectivity index (χ2v) is 3.46. The highest BCUT2D eigenvalue weighted by Gasteiger charge is 2.06. The molecule has 0 saturated heterocycles. The lowest BCUT2D eigenvalue weighted by atomic mass is 10.6. The molecule has 0 atom stereocenters. The number of carbonyl (C=O) groups excluding carboxylic acids is 1. The molecule has 1 amide bonds. The fraction of sp³-hybridized carbons (Fsp3) is 0.375. The minimum Gasteiger partial charge on any atom is -0.358 e. The van der Waals surface area contributed by atoms with Crippen molar-refractivity contribution in [3.8, 4) is 0 Å². The Labute approximate surface area is 86.6 Å². The summed E-state index contributed by atoms with van der Waals surface area (Å²) in [5.74, 6) is 0.329. The molecule has 0 fully saturated rings. The number of carbonyl (C=O) groups is 1. The highest BCUT2D eigenvalue weighted by atomic mass is 32.2. The molecule has 0 spiro atoms. The summed E-state index contributed by atoms with van der Waals surface area (Å²) in [6.45, 7) is 4.28. The summed E-state index contributed by atoms with van der Waals surface area (Å²) in [5, 5.41) is 10.9. The summed E-state index contributed by atoms with van der Waals surface area (Å²) >= 11 is 1.36. The summed E-state index contributed by atoms with van der Waals surface area (Å²) in [7, 11) is 1.61. The third kappa shape index (κ3) is 2.88. The van der Waals surface area contributed by atoms with E-state index >= 15 is 0 Å². The topological polar surface area (TPSA) is 59.8 Å². The Morgan fingerprint density at radius 3 is 3.29 bits per heavy atom. The summed E-state index contributed by atoms with van der Waals surface area (Å²) in [6, 6.07) is 0. The fourth-order valence-corrected chi connectivity index (χ4v) is 1.62. The molecule has 0 aliphatic rings. The van der Waals surface area contributed by atoms with Gasteiger partial charge in [0.15, 0.2) is 5.16 Å². The van der Waals surface area contributed by atoms with Crippen LogP contribution in [0.15, 0.2) is 24.1 Å². The minimum atomic E-state index is -0.0249. The van der Waals surface area contributed by atoms with Gasteiger partial charge in [0.25, 0.3) is 0 Å². The number of hydrogen-bond acceptors (Lipinski definition) is 4. The Morgan fingerprint density at radius 2 is 2.64 bits per heavy atom. The molecule has 1 aromatic rings. The number of nitrogens with zero attached hydrogens (tertiary/aromatic N) is 3. The highest BCUT2D eigenvalue weighted by molar-refractivity contribution is 7.99. The molecular formula is C8H12N4OS. The second kappa shape index (κ2) is 5.43. The van der Waals surface area contributed by atoms with Crippen LogP contribution in [0.4, 0.5) is 0 Å².